The summed E-state index contributed by atoms with van der Waals surface area (Å²) in [5.74, 6) is -0.0264. The van der Waals surface area contributed by atoms with Crippen LogP contribution in [0.2, 0.25) is 5.02 Å². The largest absolute Gasteiger partial charge is 0.490 e. The highest BCUT2D eigenvalue weighted by molar-refractivity contribution is 9.10. The van der Waals surface area contributed by atoms with Crippen molar-refractivity contribution < 1.29 is 19.1 Å². The monoisotopic (exact) mass is 632 g/mol. The van der Waals surface area contributed by atoms with Crippen LogP contribution >= 0.6 is 27.5 Å². The van der Waals surface area contributed by atoms with Gasteiger partial charge >= 0.3 is 0 Å². The lowest BCUT2D eigenvalue weighted by Gasteiger charge is -2.16. The minimum atomic E-state index is -0.493. The summed E-state index contributed by atoms with van der Waals surface area (Å²) in [6.07, 6.45) is 1.55. The highest BCUT2D eigenvalue weighted by Crippen LogP contribution is 2.38. The summed E-state index contributed by atoms with van der Waals surface area (Å²) in [5, 5.41) is 6.32. The molecule has 41 heavy (non-hydrogen) atoms. The first kappa shape index (κ1) is 29.9. The molecule has 0 saturated carbocycles. The van der Waals surface area contributed by atoms with E-state index in [0.29, 0.717) is 33.2 Å². The number of amides is 2. The first-order valence-electron chi connectivity index (χ1n) is 13.1. The van der Waals surface area contributed by atoms with Gasteiger partial charge in [-0.2, -0.15) is 0 Å². The van der Waals surface area contributed by atoms with E-state index in [4.69, 9.17) is 21.1 Å². The number of benzene rings is 4. The lowest BCUT2D eigenvalue weighted by atomic mass is 10.1. The number of carbonyl (C=O) groups excluding carboxylic acids is 2. The van der Waals surface area contributed by atoms with E-state index >= 15 is 0 Å². The molecule has 0 heterocycles. The van der Waals surface area contributed by atoms with Gasteiger partial charge in [-0.3, -0.25) is 9.59 Å². The summed E-state index contributed by atoms with van der Waals surface area (Å²) >= 11 is 9.87. The zero-order valence-corrected chi connectivity index (χ0v) is 24.9. The molecule has 0 saturated heterocycles. The van der Waals surface area contributed by atoms with Gasteiger partial charge in [0.25, 0.3) is 11.8 Å². The Morgan fingerprint density at radius 2 is 1.37 bits per heavy atom. The molecule has 2 amide bonds. The number of nitrogens with one attached hydrogen (secondary N) is 2. The lowest BCUT2D eigenvalue weighted by molar-refractivity contribution is -0.123. The van der Waals surface area contributed by atoms with Crippen molar-refractivity contribution in [2.24, 2.45) is 0 Å². The third-order valence-electron chi connectivity index (χ3n) is 6.05. The lowest BCUT2D eigenvalue weighted by Crippen LogP contribution is -2.34. The molecule has 6 nitrogen and oxygen atoms in total. The molecule has 2 N–H and O–H groups in total. The van der Waals surface area contributed by atoms with E-state index < -0.39 is 11.8 Å². The summed E-state index contributed by atoms with van der Waals surface area (Å²) in [7, 11) is 0. The number of rotatable bonds is 12. The quantitative estimate of drug-likeness (QED) is 0.0992. The molecule has 0 spiro atoms. The van der Waals surface area contributed by atoms with E-state index in [9.17, 15) is 9.59 Å². The Bertz CT molecular complexity index is 1450. The van der Waals surface area contributed by atoms with E-state index in [1.165, 1.54) is 0 Å². The Balaban J connectivity index is 1.61. The Morgan fingerprint density at radius 1 is 0.805 bits per heavy atom. The zero-order valence-electron chi connectivity index (χ0n) is 22.5. The van der Waals surface area contributed by atoms with Gasteiger partial charge in [0.1, 0.15) is 12.2 Å². The number of halogens is 2. The Morgan fingerprint density at radius 3 is 1.93 bits per heavy atom. The van der Waals surface area contributed by atoms with Crippen LogP contribution < -0.4 is 20.1 Å². The van der Waals surface area contributed by atoms with Crippen LogP contribution in [0.5, 0.6) is 11.5 Å². The first-order valence-corrected chi connectivity index (χ1v) is 14.3. The van der Waals surface area contributed by atoms with E-state index in [2.05, 4.69) is 26.6 Å². The Labute approximate surface area is 253 Å². The Kier molecular flexibility index (Phi) is 11.0. The summed E-state index contributed by atoms with van der Waals surface area (Å²) in [4.78, 5) is 26.6. The van der Waals surface area contributed by atoms with Crippen molar-refractivity contribution in [2.75, 3.05) is 6.61 Å². The number of carbonyl (C=O) groups is 2. The van der Waals surface area contributed by atoms with Gasteiger partial charge in [-0.1, -0.05) is 90.5 Å². The van der Waals surface area contributed by atoms with Crippen molar-refractivity contribution in [1.82, 2.24) is 10.6 Å². The SMILES string of the molecule is CCOc1cc(C=C(C(=O)NCc2ccccc2)C(=O)NCc2ccccc2)cc(Br)c1OCc1ccccc1Cl. The molecule has 0 radical (unpaired) electrons. The van der Waals surface area contributed by atoms with Gasteiger partial charge < -0.3 is 20.1 Å². The van der Waals surface area contributed by atoms with Crippen LogP contribution in [0, 0.1) is 0 Å². The van der Waals surface area contributed by atoms with Crippen LogP contribution in [0.15, 0.2) is 107 Å². The van der Waals surface area contributed by atoms with Crippen molar-refractivity contribution in [3.05, 3.63) is 134 Å². The molecule has 4 rings (SSSR count). The molecular weight excluding hydrogens is 604 g/mol. The molecule has 4 aromatic rings. The fraction of sp³-hybridized carbons (Fsp3) is 0.152. The topological polar surface area (TPSA) is 76.7 Å². The van der Waals surface area contributed by atoms with Crippen LogP contribution in [0.25, 0.3) is 6.08 Å². The minimum Gasteiger partial charge on any atom is -0.490 e. The van der Waals surface area contributed by atoms with Crippen molar-refractivity contribution in [3.8, 4) is 11.5 Å². The second kappa shape index (κ2) is 15.1. The fourth-order valence-electron chi connectivity index (χ4n) is 3.99. The normalized spacial score (nSPS) is 10.4. The predicted octanol–water partition coefficient (Wildman–Crippen LogP) is 7.10. The van der Waals surface area contributed by atoms with Crippen LogP contribution in [0.3, 0.4) is 0 Å². The molecule has 210 valence electrons. The van der Waals surface area contributed by atoms with E-state index in [-0.39, 0.29) is 25.3 Å². The molecule has 0 atom stereocenters. The smallest absolute Gasteiger partial charge is 0.257 e. The average molecular weight is 634 g/mol. The third-order valence-corrected chi connectivity index (χ3v) is 7.01. The summed E-state index contributed by atoms with van der Waals surface area (Å²) < 4.78 is 12.6. The molecule has 0 fully saturated rings. The molecular formula is C33H30BrClN2O4. The van der Waals surface area contributed by atoms with Crippen molar-refractivity contribution in [2.45, 2.75) is 26.6 Å². The molecule has 0 unspecified atom stereocenters. The van der Waals surface area contributed by atoms with Crippen LogP contribution in [-0.4, -0.2) is 18.4 Å². The third kappa shape index (κ3) is 8.71. The summed E-state index contributed by atoms with van der Waals surface area (Å²) in [6, 6.07) is 30.0. The van der Waals surface area contributed by atoms with Gasteiger partial charge in [-0.05, 0) is 63.8 Å². The van der Waals surface area contributed by atoms with Crippen LogP contribution in [0.4, 0.5) is 0 Å². The molecule has 4 aromatic carbocycles. The second-order valence-corrected chi connectivity index (χ2v) is 10.3. The van der Waals surface area contributed by atoms with E-state index in [1.54, 1.807) is 24.3 Å². The van der Waals surface area contributed by atoms with Crippen molar-refractivity contribution in [3.63, 3.8) is 0 Å². The highest BCUT2D eigenvalue weighted by Gasteiger charge is 2.20. The predicted molar refractivity (Wildman–Crippen MR) is 166 cm³/mol. The van der Waals surface area contributed by atoms with Gasteiger partial charge in [-0.25, -0.2) is 0 Å². The van der Waals surface area contributed by atoms with Crippen LogP contribution in [0.1, 0.15) is 29.2 Å². The van der Waals surface area contributed by atoms with Gasteiger partial charge in [0.2, 0.25) is 0 Å². The molecule has 8 heteroatoms. The standard InChI is InChI=1S/C33H30BrClN2O4/c1-2-40-30-19-25(18-28(34)31(30)41-22-26-15-9-10-16-29(26)35)17-27(32(38)36-20-23-11-5-3-6-12-23)33(39)37-21-24-13-7-4-8-14-24/h3-19H,2,20-22H2,1H3,(H,36,38)(H,37,39). The van der Waals surface area contributed by atoms with Gasteiger partial charge in [0.05, 0.1) is 11.1 Å². The van der Waals surface area contributed by atoms with Crippen molar-refractivity contribution >= 4 is 45.4 Å². The Hall–Kier alpha value is -4.07. The van der Waals surface area contributed by atoms with Gasteiger partial charge in [0, 0.05) is 23.7 Å². The summed E-state index contributed by atoms with van der Waals surface area (Å²) in [5.41, 5.74) is 3.23. The first-order chi connectivity index (χ1) is 19.9. The fourth-order valence-corrected chi connectivity index (χ4v) is 4.75. The minimum absolute atomic E-state index is 0.0315. The van der Waals surface area contributed by atoms with E-state index in [1.807, 2.05) is 85.8 Å². The van der Waals surface area contributed by atoms with Crippen LogP contribution in [-0.2, 0) is 29.3 Å². The molecule has 0 aliphatic carbocycles. The molecule has 0 bridgehead atoms. The summed E-state index contributed by atoms with van der Waals surface area (Å²) in [6.45, 7) is 3.07. The number of hydrogen-bond donors (Lipinski definition) is 2. The molecule has 0 aliphatic heterocycles. The maximum Gasteiger partial charge on any atom is 0.257 e. The molecule has 0 aromatic heterocycles. The van der Waals surface area contributed by atoms with E-state index in [0.717, 1.165) is 16.7 Å². The van der Waals surface area contributed by atoms with Crippen molar-refractivity contribution in [1.29, 1.82) is 0 Å². The second-order valence-electron chi connectivity index (χ2n) is 9.04. The molecule has 0 aliphatic rings. The van der Waals surface area contributed by atoms with Gasteiger partial charge in [0.15, 0.2) is 11.5 Å². The van der Waals surface area contributed by atoms with Gasteiger partial charge in [-0.15, -0.1) is 0 Å². The number of hydrogen-bond acceptors (Lipinski definition) is 4. The number of ether oxygens (including phenoxy) is 2. The maximum atomic E-state index is 13.3. The average Bonchev–Trinajstić information content (AvgIpc) is 2.99. The zero-order chi connectivity index (χ0) is 29.0. The maximum absolute atomic E-state index is 13.3. The highest BCUT2D eigenvalue weighted by atomic mass is 79.9.